The van der Waals surface area contributed by atoms with Crippen LogP contribution in [0.1, 0.15) is 26.2 Å². The first kappa shape index (κ1) is 26.6. The number of anilines is 5. The van der Waals surface area contributed by atoms with Crippen LogP contribution in [0.2, 0.25) is 0 Å². The summed E-state index contributed by atoms with van der Waals surface area (Å²) >= 11 is 0. The lowest BCUT2D eigenvalue weighted by Crippen LogP contribution is -2.62. The van der Waals surface area contributed by atoms with Crippen LogP contribution in [0.4, 0.5) is 28.4 Å². The van der Waals surface area contributed by atoms with Gasteiger partial charge in [0.1, 0.15) is 0 Å². The van der Waals surface area contributed by atoms with Crippen molar-refractivity contribution in [3.8, 4) is 11.1 Å². The monoisotopic (exact) mass is 580 g/mol. The van der Waals surface area contributed by atoms with Crippen LogP contribution < -0.4 is 26.2 Å². The predicted molar refractivity (Wildman–Crippen MR) is 192 cm³/mol. The van der Waals surface area contributed by atoms with Crippen molar-refractivity contribution < 1.29 is 0 Å². The van der Waals surface area contributed by atoms with Crippen molar-refractivity contribution in [1.29, 1.82) is 0 Å². The van der Waals surface area contributed by atoms with Crippen molar-refractivity contribution in [3.63, 3.8) is 0 Å². The van der Waals surface area contributed by atoms with E-state index in [0.717, 1.165) is 0 Å². The quantitative estimate of drug-likeness (QED) is 0.152. The van der Waals surface area contributed by atoms with Gasteiger partial charge in [0.25, 0.3) is 6.71 Å². The summed E-state index contributed by atoms with van der Waals surface area (Å²) in [4.78, 5) is 5.15. The Morgan fingerprint density at radius 2 is 1.18 bits per heavy atom. The maximum Gasteiger partial charge on any atom is 0.252 e. The highest BCUT2D eigenvalue weighted by molar-refractivity contribution is 7.00. The van der Waals surface area contributed by atoms with Crippen molar-refractivity contribution >= 4 is 51.5 Å². The average molecular weight is 581 g/mol. The van der Waals surface area contributed by atoms with Crippen LogP contribution in [0, 0.1) is 17.8 Å². The van der Waals surface area contributed by atoms with E-state index in [0.29, 0.717) is 23.8 Å². The van der Waals surface area contributed by atoms with Crippen molar-refractivity contribution in [2.75, 3.05) is 9.80 Å². The van der Waals surface area contributed by atoms with Crippen LogP contribution in [0.15, 0.2) is 146 Å². The molecule has 0 spiro atoms. The number of hydrogen-bond acceptors (Lipinski definition) is 2. The molecule has 0 N–H and O–H groups in total. The van der Waals surface area contributed by atoms with Gasteiger partial charge < -0.3 is 9.80 Å². The van der Waals surface area contributed by atoms with Gasteiger partial charge in [-0.3, -0.25) is 0 Å². The normalized spacial score (nSPS) is 22.6. The van der Waals surface area contributed by atoms with E-state index in [1.165, 1.54) is 75.2 Å². The summed E-state index contributed by atoms with van der Waals surface area (Å²) in [7, 11) is 0. The van der Waals surface area contributed by atoms with Gasteiger partial charge in [0, 0.05) is 28.4 Å². The molecule has 0 amide bonds. The molecule has 2 aliphatic carbocycles. The molecule has 45 heavy (non-hydrogen) atoms. The van der Waals surface area contributed by atoms with E-state index in [1.807, 2.05) is 0 Å². The first-order valence-electron chi connectivity index (χ1n) is 16.7. The number of benzene rings is 5. The van der Waals surface area contributed by atoms with Gasteiger partial charge in [-0.05, 0) is 101 Å². The number of fused-ring (bicyclic) bond motifs is 4. The fraction of sp³-hybridized carbons (Fsp3) is 0.190. The van der Waals surface area contributed by atoms with Gasteiger partial charge in [0.15, 0.2) is 0 Å². The van der Waals surface area contributed by atoms with Crippen LogP contribution in [0.25, 0.3) is 11.1 Å². The molecule has 0 saturated carbocycles. The van der Waals surface area contributed by atoms with Crippen LogP contribution in [0.5, 0.6) is 0 Å². The smallest absolute Gasteiger partial charge is 0.252 e. The molecular formula is C42H37BN2. The van der Waals surface area contributed by atoms with Gasteiger partial charge in [-0.2, -0.15) is 0 Å². The molecule has 4 aliphatic rings. The van der Waals surface area contributed by atoms with Gasteiger partial charge in [-0.25, -0.2) is 0 Å². The van der Waals surface area contributed by atoms with E-state index in [1.54, 1.807) is 0 Å². The second kappa shape index (κ2) is 10.7. The maximum absolute atomic E-state index is 2.66. The summed E-state index contributed by atoms with van der Waals surface area (Å²) < 4.78 is 0. The molecule has 5 aromatic rings. The number of allylic oxidation sites excluding steroid dienone is 3. The fourth-order valence-electron chi connectivity index (χ4n) is 8.57. The molecule has 0 aromatic heterocycles. The third-order valence-corrected chi connectivity index (χ3v) is 10.7. The largest absolute Gasteiger partial charge is 0.335 e. The lowest BCUT2D eigenvalue weighted by atomic mass is 9.33. The molecule has 2 aliphatic heterocycles. The van der Waals surface area contributed by atoms with Crippen molar-refractivity contribution in [2.45, 2.75) is 32.2 Å². The van der Waals surface area contributed by atoms with Gasteiger partial charge in [-0.15, -0.1) is 0 Å². The zero-order chi connectivity index (χ0) is 29.9. The highest BCUT2D eigenvalue weighted by Crippen LogP contribution is 2.44. The molecule has 9 rings (SSSR count). The third-order valence-electron chi connectivity index (χ3n) is 10.7. The first-order chi connectivity index (χ1) is 22.2. The van der Waals surface area contributed by atoms with E-state index in [2.05, 4.69) is 162 Å². The van der Waals surface area contributed by atoms with Gasteiger partial charge in [0.05, 0.1) is 6.04 Å². The summed E-state index contributed by atoms with van der Waals surface area (Å²) in [6, 6.07) is 45.3. The molecule has 3 unspecified atom stereocenters. The number of hydrogen-bond donors (Lipinski definition) is 0. The average Bonchev–Trinajstić information content (AvgIpc) is 3.55. The summed E-state index contributed by atoms with van der Waals surface area (Å²) in [6.07, 6.45) is 13.7. The molecule has 0 fully saturated rings. The molecule has 0 saturated heterocycles. The van der Waals surface area contributed by atoms with Crippen LogP contribution in [-0.2, 0) is 0 Å². The Kier molecular flexibility index (Phi) is 6.33. The SMILES string of the molecule is C[C@H]1C=CC(C2C=CC(N3c4ccccc4B4c5ccccc5N(c5ccc(-c6ccccc6)cc5)c5cccc3c54)CC2)C1. The lowest BCUT2D eigenvalue weighted by molar-refractivity contribution is 0.382. The Bertz CT molecular complexity index is 1940. The van der Waals surface area contributed by atoms with Crippen molar-refractivity contribution in [2.24, 2.45) is 17.8 Å². The molecule has 218 valence electrons. The lowest BCUT2D eigenvalue weighted by Gasteiger charge is -2.46. The van der Waals surface area contributed by atoms with Crippen molar-refractivity contribution in [3.05, 3.63) is 146 Å². The second-order valence-electron chi connectivity index (χ2n) is 13.3. The Hall–Kier alpha value is -4.76. The van der Waals surface area contributed by atoms with E-state index < -0.39 is 0 Å². The Morgan fingerprint density at radius 1 is 0.533 bits per heavy atom. The highest BCUT2D eigenvalue weighted by Gasteiger charge is 2.43. The number of nitrogens with zero attached hydrogens (tertiary/aromatic N) is 2. The molecule has 4 atom stereocenters. The summed E-state index contributed by atoms with van der Waals surface area (Å²) in [5.74, 6) is 2.06. The Balaban J connectivity index is 1.17. The van der Waals surface area contributed by atoms with Gasteiger partial charge in [0.2, 0.25) is 0 Å². The maximum atomic E-state index is 2.66. The third kappa shape index (κ3) is 4.32. The second-order valence-corrected chi connectivity index (χ2v) is 13.3. The molecule has 2 nitrogen and oxygen atoms in total. The zero-order valence-corrected chi connectivity index (χ0v) is 25.8. The van der Waals surface area contributed by atoms with Crippen LogP contribution in [0.3, 0.4) is 0 Å². The molecule has 0 radical (unpaired) electrons. The van der Waals surface area contributed by atoms with E-state index in [9.17, 15) is 0 Å². The Labute approximate surface area is 267 Å². The number of rotatable bonds is 4. The molecule has 5 aromatic carbocycles. The molecule has 3 heteroatoms. The first-order valence-corrected chi connectivity index (χ1v) is 16.7. The molecular weight excluding hydrogens is 543 g/mol. The van der Waals surface area contributed by atoms with Gasteiger partial charge >= 0.3 is 0 Å². The Morgan fingerprint density at radius 3 is 1.91 bits per heavy atom. The van der Waals surface area contributed by atoms with E-state index in [4.69, 9.17) is 0 Å². The van der Waals surface area contributed by atoms with Crippen LogP contribution >= 0.6 is 0 Å². The van der Waals surface area contributed by atoms with Crippen LogP contribution in [-0.4, -0.2) is 12.8 Å². The fourth-order valence-corrected chi connectivity index (χ4v) is 8.57. The molecule has 0 bridgehead atoms. The minimum absolute atomic E-state index is 0.199. The standard InChI is InChI=1S/C42H37BN2/c1-29-18-19-33(28-29)32-22-26-35(27-23-32)45-39-15-8-6-13-37(39)43-36-12-5-7-14-38(36)44(40-16-9-17-41(45)42(40)43)34-24-20-31(21-25-34)30-10-3-2-4-11-30/h2-22,24-26,29,32-33,35H,23,27-28H2,1H3/t29-,32?,33?,35?/m0/s1. The minimum Gasteiger partial charge on any atom is -0.335 e. The summed E-state index contributed by atoms with van der Waals surface area (Å²) in [6.45, 7) is 2.55. The van der Waals surface area contributed by atoms with Crippen molar-refractivity contribution in [1.82, 2.24) is 0 Å². The van der Waals surface area contributed by atoms with E-state index >= 15 is 0 Å². The topological polar surface area (TPSA) is 6.48 Å². The van der Waals surface area contributed by atoms with E-state index in [-0.39, 0.29) is 6.71 Å². The minimum atomic E-state index is 0.199. The van der Waals surface area contributed by atoms with Gasteiger partial charge in [-0.1, -0.05) is 116 Å². The highest BCUT2D eigenvalue weighted by atomic mass is 15.2. The number of para-hydroxylation sites is 2. The summed E-state index contributed by atoms with van der Waals surface area (Å²) in [5, 5.41) is 0. The predicted octanol–water partition coefficient (Wildman–Crippen LogP) is 8.65. The molecule has 2 heterocycles. The zero-order valence-electron chi connectivity index (χ0n) is 25.8. The summed E-state index contributed by atoms with van der Waals surface area (Å²) in [5.41, 5.74) is 13.1.